The number of amides is 1. The fourth-order valence-electron chi connectivity index (χ4n) is 2.97. The van der Waals surface area contributed by atoms with Gasteiger partial charge in [-0.1, -0.05) is 25.1 Å². The van der Waals surface area contributed by atoms with Crippen molar-refractivity contribution in [3.05, 3.63) is 36.1 Å². The van der Waals surface area contributed by atoms with Crippen LogP contribution in [0.5, 0.6) is 0 Å². The number of hydrogen-bond acceptors (Lipinski definition) is 3. The van der Waals surface area contributed by atoms with Crippen LogP contribution in [0.15, 0.2) is 34.7 Å². The van der Waals surface area contributed by atoms with Gasteiger partial charge in [-0.25, -0.2) is 0 Å². The first kappa shape index (κ1) is 14.1. The standard InChI is InChI=1S/C17H22N2O2/c1-2-10-19(12-14-7-5-9-18-14)17(20)16-11-13-6-3-4-8-15(13)21-16/h3-4,6,8,11,14,18H,2,5,7,9-10,12H2,1H3. The lowest BCUT2D eigenvalue weighted by molar-refractivity contribution is 0.0712. The number of benzene rings is 1. The van der Waals surface area contributed by atoms with Crippen molar-refractivity contribution in [2.75, 3.05) is 19.6 Å². The van der Waals surface area contributed by atoms with Crippen LogP contribution in [0.3, 0.4) is 0 Å². The number of rotatable bonds is 5. The first-order valence-corrected chi connectivity index (χ1v) is 7.79. The van der Waals surface area contributed by atoms with E-state index in [0.29, 0.717) is 11.8 Å². The Bertz CT molecular complexity index is 581. The van der Waals surface area contributed by atoms with Gasteiger partial charge in [0.25, 0.3) is 5.91 Å². The monoisotopic (exact) mass is 286 g/mol. The number of carbonyl (C=O) groups excluding carboxylic acids is 1. The highest BCUT2D eigenvalue weighted by molar-refractivity contribution is 5.96. The number of fused-ring (bicyclic) bond motifs is 1. The second-order valence-corrected chi connectivity index (χ2v) is 5.69. The number of furan rings is 1. The molecule has 0 saturated carbocycles. The molecule has 2 heterocycles. The lowest BCUT2D eigenvalue weighted by Gasteiger charge is -2.24. The van der Waals surface area contributed by atoms with E-state index < -0.39 is 0 Å². The Labute approximate surface area is 125 Å². The van der Waals surface area contributed by atoms with Crippen LogP contribution in [0, 0.1) is 0 Å². The third kappa shape index (κ3) is 3.10. The fraction of sp³-hybridized carbons (Fsp3) is 0.471. The predicted octanol–water partition coefficient (Wildman–Crippen LogP) is 3.04. The van der Waals surface area contributed by atoms with Gasteiger partial charge >= 0.3 is 0 Å². The maximum Gasteiger partial charge on any atom is 0.289 e. The highest BCUT2D eigenvalue weighted by Crippen LogP contribution is 2.20. The van der Waals surface area contributed by atoms with Crippen molar-refractivity contribution in [2.24, 2.45) is 0 Å². The summed E-state index contributed by atoms with van der Waals surface area (Å²) < 4.78 is 5.71. The van der Waals surface area contributed by atoms with Gasteiger partial charge in [-0.3, -0.25) is 4.79 Å². The van der Waals surface area contributed by atoms with Gasteiger partial charge in [-0.15, -0.1) is 0 Å². The largest absolute Gasteiger partial charge is 0.451 e. The van der Waals surface area contributed by atoms with Gasteiger partial charge in [-0.2, -0.15) is 0 Å². The lowest BCUT2D eigenvalue weighted by Crippen LogP contribution is -2.41. The van der Waals surface area contributed by atoms with Crippen LogP contribution >= 0.6 is 0 Å². The molecule has 2 aromatic rings. The molecule has 1 aliphatic heterocycles. The summed E-state index contributed by atoms with van der Waals surface area (Å²) in [6.07, 6.45) is 3.30. The highest BCUT2D eigenvalue weighted by atomic mass is 16.3. The van der Waals surface area contributed by atoms with E-state index in [1.54, 1.807) is 0 Å². The fourth-order valence-corrected chi connectivity index (χ4v) is 2.97. The molecule has 1 amide bonds. The molecule has 0 radical (unpaired) electrons. The Hall–Kier alpha value is -1.81. The van der Waals surface area contributed by atoms with Gasteiger partial charge < -0.3 is 14.6 Å². The normalized spacial score (nSPS) is 18.2. The molecule has 0 bridgehead atoms. The molecule has 1 fully saturated rings. The average Bonchev–Trinajstić information content (AvgIpc) is 3.14. The molecule has 1 N–H and O–H groups in total. The van der Waals surface area contributed by atoms with Crippen molar-refractivity contribution in [2.45, 2.75) is 32.2 Å². The molecule has 1 aromatic carbocycles. The van der Waals surface area contributed by atoms with E-state index in [0.717, 1.165) is 43.4 Å². The number of carbonyl (C=O) groups is 1. The summed E-state index contributed by atoms with van der Waals surface area (Å²) in [7, 11) is 0. The minimum absolute atomic E-state index is 0.00162. The van der Waals surface area contributed by atoms with E-state index in [9.17, 15) is 4.79 Å². The highest BCUT2D eigenvalue weighted by Gasteiger charge is 2.24. The summed E-state index contributed by atoms with van der Waals surface area (Å²) in [5.74, 6) is 0.449. The average molecular weight is 286 g/mol. The molecular formula is C17H22N2O2. The predicted molar refractivity (Wildman–Crippen MR) is 83.4 cm³/mol. The molecule has 1 unspecified atom stereocenters. The number of hydrogen-bond donors (Lipinski definition) is 1. The van der Waals surface area contributed by atoms with Crippen molar-refractivity contribution in [3.8, 4) is 0 Å². The minimum Gasteiger partial charge on any atom is -0.451 e. The SMILES string of the molecule is CCCN(CC1CCCN1)C(=O)c1cc2ccccc2o1. The number of nitrogens with zero attached hydrogens (tertiary/aromatic N) is 1. The molecule has 1 aromatic heterocycles. The molecule has 1 atom stereocenters. The Kier molecular flexibility index (Phi) is 4.25. The maximum atomic E-state index is 12.7. The van der Waals surface area contributed by atoms with E-state index in [2.05, 4.69) is 12.2 Å². The van der Waals surface area contributed by atoms with Crippen LogP contribution in [-0.4, -0.2) is 36.5 Å². The second kappa shape index (κ2) is 6.31. The summed E-state index contributed by atoms with van der Waals surface area (Å²) in [5, 5.41) is 4.44. The van der Waals surface area contributed by atoms with Crippen molar-refractivity contribution in [1.82, 2.24) is 10.2 Å². The first-order valence-electron chi connectivity index (χ1n) is 7.79. The maximum absolute atomic E-state index is 12.7. The summed E-state index contributed by atoms with van der Waals surface area (Å²) >= 11 is 0. The van der Waals surface area contributed by atoms with Crippen molar-refractivity contribution in [3.63, 3.8) is 0 Å². The number of para-hydroxylation sites is 1. The van der Waals surface area contributed by atoms with E-state index >= 15 is 0 Å². The molecule has 21 heavy (non-hydrogen) atoms. The van der Waals surface area contributed by atoms with Crippen LogP contribution < -0.4 is 5.32 Å². The van der Waals surface area contributed by atoms with Gasteiger partial charge in [-0.05, 0) is 37.9 Å². The second-order valence-electron chi connectivity index (χ2n) is 5.69. The Morgan fingerprint density at radius 3 is 3.00 bits per heavy atom. The Morgan fingerprint density at radius 1 is 1.43 bits per heavy atom. The Balaban J connectivity index is 1.78. The molecule has 3 rings (SSSR count). The molecule has 4 heteroatoms. The summed E-state index contributed by atoms with van der Waals surface area (Å²) in [6.45, 7) is 4.70. The lowest BCUT2D eigenvalue weighted by atomic mass is 10.2. The van der Waals surface area contributed by atoms with Crippen LogP contribution in [0.4, 0.5) is 0 Å². The quantitative estimate of drug-likeness (QED) is 0.919. The van der Waals surface area contributed by atoms with Crippen molar-refractivity contribution < 1.29 is 9.21 Å². The third-order valence-corrected chi connectivity index (χ3v) is 4.02. The van der Waals surface area contributed by atoms with Gasteiger partial charge in [0.2, 0.25) is 0 Å². The third-order valence-electron chi connectivity index (χ3n) is 4.02. The van der Waals surface area contributed by atoms with Crippen LogP contribution in [0.2, 0.25) is 0 Å². The van der Waals surface area contributed by atoms with Gasteiger partial charge in [0.15, 0.2) is 5.76 Å². The summed E-state index contributed by atoms with van der Waals surface area (Å²) in [4.78, 5) is 14.6. The van der Waals surface area contributed by atoms with Crippen LogP contribution in [0.25, 0.3) is 11.0 Å². The van der Waals surface area contributed by atoms with Gasteiger partial charge in [0.1, 0.15) is 5.58 Å². The minimum atomic E-state index is 0.00162. The molecule has 0 aliphatic carbocycles. The molecule has 1 aliphatic rings. The molecule has 4 nitrogen and oxygen atoms in total. The zero-order valence-corrected chi connectivity index (χ0v) is 12.5. The summed E-state index contributed by atoms with van der Waals surface area (Å²) in [5.41, 5.74) is 0.774. The van der Waals surface area contributed by atoms with Crippen LogP contribution in [0.1, 0.15) is 36.7 Å². The topological polar surface area (TPSA) is 45.5 Å². The van der Waals surface area contributed by atoms with E-state index in [4.69, 9.17) is 4.42 Å². The zero-order valence-electron chi connectivity index (χ0n) is 12.5. The van der Waals surface area contributed by atoms with E-state index in [1.165, 1.54) is 6.42 Å². The van der Waals surface area contributed by atoms with Gasteiger partial charge in [0, 0.05) is 24.5 Å². The first-order chi connectivity index (χ1) is 10.3. The van der Waals surface area contributed by atoms with Gasteiger partial charge in [0.05, 0.1) is 0 Å². The number of nitrogens with one attached hydrogen (secondary N) is 1. The Morgan fingerprint density at radius 2 is 2.29 bits per heavy atom. The van der Waals surface area contributed by atoms with Crippen molar-refractivity contribution in [1.29, 1.82) is 0 Å². The molecule has 0 spiro atoms. The molecule has 1 saturated heterocycles. The van der Waals surface area contributed by atoms with E-state index in [1.807, 2.05) is 35.2 Å². The smallest absolute Gasteiger partial charge is 0.289 e. The van der Waals surface area contributed by atoms with Crippen LogP contribution in [-0.2, 0) is 0 Å². The molecular weight excluding hydrogens is 264 g/mol. The molecule has 112 valence electrons. The van der Waals surface area contributed by atoms with E-state index in [-0.39, 0.29) is 5.91 Å². The van der Waals surface area contributed by atoms with Crippen molar-refractivity contribution >= 4 is 16.9 Å². The zero-order chi connectivity index (χ0) is 14.7. The summed E-state index contributed by atoms with van der Waals surface area (Å²) in [6, 6.07) is 10.0.